The Morgan fingerprint density at radius 1 is 1.57 bits per heavy atom. The number of carboxylic acids is 1. The second-order valence-corrected chi connectivity index (χ2v) is 3.20. The maximum atomic E-state index is 10.8. The molecule has 5 heteroatoms. The van der Waals surface area contributed by atoms with Crippen molar-refractivity contribution in [1.29, 1.82) is 0 Å². The largest absolute Gasteiger partial charge is 0.478 e. The van der Waals surface area contributed by atoms with Crippen LogP contribution in [0.1, 0.15) is 10.4 Å². The van der Waals surface area contributed by atoms with Crippen LogP contribution in [0.25, 0.3) is 11.0 Å². The molecule has 14 heavy (non-hydrogen) atoms. The number of aromatic carboxylic acids is 1. The molecule has 0 atom stereocenters. The fourth-order valence-corrected chi connectivity index (χ4v) is 1.50. The molecular weight excluding hydrogens is 206 g/mol. The van der Waals surface area contributed by atoms with E-state index < -0.39 is 5.97 Å². The Morgan fingerprint density at radius 2 is 2.29 bits per heavy atom. The second kappa shape index (κ2) is 2.92. The highest BCUT2D eigenvalue weighted by Gasteiger charge is 2.15. The Balaban J connectivity index is 2.91. The van der Waals surface area contributed by atoms with Gasteiger partial charge in [0.05, 0.1) is 17.0 Å². The van der Waals surface area contributed by atoms with Gasteiger partial charge < -0.3 is 15.3 Å². The fourth-order valence-electron chi connectivity index (χ4n) is 1.29. The third-order valence-electron chi connectivity index (χ3n) is 1.96. The van der Waals surface area contributed by atoms with Gasteiger partial charge in [-0.25, -0.2) is 4.79 Å². The number of anilines is 1. The summed E-state index contributed by atoms with van der Waals surface area (Å²) in [6.45, 7) is 0. The van der Waals surface area contributed by atoms with Crippen molar-refractivity contribution in [3.63, 3.8) is 0 Å². The maximum Gasteiger partial charge on any atom is 0.339 e. The van der Waals surface area contributed by atoms with Crippen LogP contribution in [0.3, 0.4) is 0 Å². The van der Waals surface area contributed by atoms with Crippen molar-refractivity contribution in [3.8, 4) is 0 Å². The van der Waals surface area contributed by atoms with Gasteiger partial charge in [0.1, 0.15) is 5.56 Å². The first-order chi connectivity index (χ1) is 6.61. The number of furan rings is 1. The number of nitrogen functional groups attached to an aromatic ring is 1. The van der Waals surface area contributed by atoms with E-state index in [4.69, 9.17) is 26.9 Å². The van der Waals surface area contributed by atoms with Gasteiger partial charge in [0.25, 0.3) is 0 Å². The first kappa shape index (κ1) is 8.90. The molecule has 0 radical (unpaired) electrons. The van der Waals surface area contributed by atoms with E-state index in [9.17, 15) is 4.79 Å². The van der Waals surface area contributed by atoms with Gasteiger partial charge in [0.15, 0.2) is 5.58 Å². The maximum absolute atomic E-state index is 10.8. The number of nitrogens with two attached hydrogens (primary N) is 1. The molecular formula is C9H6ClNO3. The van der Waals surface area contributed by atoms with Crippen LogP contribution in [0.4, 0.5) is 5.69 Å². The van der Waals surface area contributed by atoms with E-state index >= 15 is 0 Å². The molecule has 0 fully saturated rings. The summed E-state index contributed by atoms with van der Waals surface area (Å²) < 4.78 is 5.03. The summed E-state index contributed by atoms with van der Waals surface area (Å²) in [6, 6.07) is 2.87. The summed E-state index contributed by atoms with van der Waals surface area (Å²) in [7, 11) is 0. The van der Waals surface area contributed by atoms with Crippen LogP contribution in [0.5, 0.6) is 0 Å². The van der Waals surface area contributed by atoms with Crippen LogP contribution in [0, 0.1) is 0 Å². The second-order valence-electron chi connectivity index (χ2n) is 2.79. The van der Waals surface area contributed by atoms with Crippen molar-refractivity contribution in [3.05, 3.63) is 29.0 Å². The topological polar surface area (TPSA) is 76.5 Å². The first-order valence-corrected chi connectivity index (χ1v) is 4.17. The smallest absolute Gasteiger partial charge is 0.339 e. The van der Waals surface area contributed by atoms with E-state index in [1.807, 2.05) is 0 Å². The first-order valence-electron chi connectivity index (χ1n) is 3.79. The minimum Gasteiger partial charge on any atom is -0.478 e. The zero-order valence-electron chi connectivity index (χ0n) is 6.95. The molecule has 0 amide bonds. The lowest BCUT2D eigenvalue weighted by Crippen LogP contribution is -1.98. The van der Waals surface area contributed by atoms with Crippen LogP contribution >= 0.6 is 11.6 Å². The third-order valence-corrected chi connectivity index (χ3v) is 2.27. The summed E-state index contributed by atoms with van der Waals surface area (Å²) >= 11 is 5.76. The molecule has 0 aliphatic rings. The Labute approximate surface area is 83.9 Å². The highest BCUT2D eigenvalue weighted by Crippen LogP contribution is 2.32. The molecule has 3 N–H and O–H groups in total. The number of benzene rings is 1. The normalized spacial score (nSPS) is 10.6. The van der Waals surface area contributed by atoms with Crippen LogP contribution in [-0.2, 0) is 0 Å². The highest BCUT2D eigenvalue weighted by molar-refractivity contribution is 6.35. The van der Waals surface area contributed by atoms with Gasteiger partial charge in [0, 0.05) is 5.39 Å². The molecule has 1 aromatic carbocycles. The summed E-state index contributed by atoms with van der Waals surface area (Å²) in [5.41, 5.74) is 6.25. The molecule has 0 bridgehead atoms. The molecule has 2 rings (SSSR count). The Bertz CT molecular complexity index is 518. The Kier molecular flexibility index (Phi) is 1.86. The van der Waals surface area contributed by atoms with Crippen LogP contribution in [0.2, 0.25) is 5.02 Å². The van der Waals surface area contributed by atoms with Gasteiger partial charge in [-0.3, -0.25) is 0 Å². The molecule has 0 unspecified atom stereocenters. The van der Waals surface area contributed by atoms with Crippen molar-refractivity contribution in [2.24, 2.45) is 0 Å². The van der Waals surface area contributed by atoms with E-state index in [-0.39, 0.29) is 16.2 Å². The van der Waals surface area contributed by atoms with Gasteiger partial charge in [-0.2, -0.15) is 0 Å². The minimum absolute atomic E-state index is 0.0178. The number of halogens is 1. The molecule has 0 aliphatic carbocycles. The molecule has 0 aliphatic heterocycles. The van der Waals surface area contributed by atoms with E-state index in [1.54, 1.807) is 6.07 Å². The Hall–Kier alpha value is -1.68. The number of rotatable bonds is 1. The molecule has 72 valence electrons. The lowest BCUT2D eigenvalue weighted by molar-refractivity contribution is 0.0698. The molecule has 0 spiro atoms. The minimum atomic E-state index is -1.09. The lowest BCUT2D eigenvalue weighted by Gasteiger charge is -2.01. The van der Waals surface area contributed by atoms with Crippen molar-refractivity contribution < 1.29 is 14.3 Å². The number of carboxylic acid groups (broad SMARTS) is 1. The van der Waals surface area contributed by atoms with E-state index in [2.05, 4.69) is 0 Å². The number of carbonyl (C=O) groups is 1. The van der Waals surface area contributed by atoms with Gasteiger partial charge in [-0.15, -0.1) is 0 Å². The molecule has 1 heterocycles. The average Bonchev–Trinajstić information content (AvgIpc) is 2.59. The SMILES string of the molecule is Nc1c(Cl)cc(C(=O)O)c2occc12. The quantitative estimate of drug-likeness (QED) is 0.710. The predicted octanol–water partition coefficient (Wildman–Crippen LogP) is 2.37. The molecule has 0 saturated heterocycles. The summed E-state index contributed by atoms with van der Waals surface area (Å²) in [5.74, 6) is -1.09. The number of hydrogen-bond acceptors (Lipinski definition) is 3. The van der Waals surface area contributed by atoms with E-state index in [1.165, 1.54) is 12.3 Å². The third kappa shape index (κ3) is 1.12. The van der Waals surface area contributed by atoms with Gasteiger partial charge >= 0.3 is 5.97 Å². The summed E-state index contributed by atoms with van der Waals surface area (Å²) in [6.07, 6.45) is 1.38. The zero-order chi connectivity index (χ0) is 10.3. The van der Waals surface area contributed by atoms with Gasteiger partial charge in [-0.1, -0.05) is 11.6 Å². The standard InChI is InChI=1S/C9H6ClNO3/c10-6-3-5(9(12)13)8-4(7(6)11)1-2-14-8/h1-3H,11H2,(H,12,13). The lowest BCUT2D eigenvalue weighted by atomic mass is 10.1. The molecule has 0 saturated carbocycles. The highest BCUT2D eigenvalue weighted by atomic mass is 35.5. The molecule has 1 aromatic heterocycles. The number of hydrogen-bond donors (Lipinski definition) is 2. The van der Waals surface area contributed by atoms with Crippen LogP contribution in [-0.4, -0.2) is 11.1 Å². The van der Waals surface area contributed by atoms with Gasteiger partial charge in [-0.05, 0) is 12.1 Å². The summed E-state index contributed by atoms with van der Waals surface area (Å²) in [4.78, 5) is 10.8. The van der Waals surface area contributed by atoms with Gasteiger partial charge in [0.2, 0.25) is 0 Å². The van der Waals surface area contributed by atoms with Crippen LogP contribution < -0.4 is 5.73 Å². The fraction of sp³-hybridized carbons (Fsp3) is 0. The molecule has 2 aromatic rings. The zero-order valence-corrected chi connectivity index (χ0v) is 7.71. The van der Waals surface area contributed by atoms with Crippen molar-refractivity contribution in [2.45, 2.75) is 0 Å². The monoisotopic (exact) mass is 211 g/mol. The predicted molar refractivity (Wildman–Crippen MR) is 52.6 cm³/mol. The average molecular weight is 212 g/mol. The van der Waals surface area contributed by atoms with Crippen molar-refractivity contribution in [1.82, 2.24) is 0 Å². The van der Waals surface area contributed by atoms with E-state index in [0.717, 1.165) is 0 Å². The summed E-state index contributed by atoms with van der Waals surface area (Å²) in [5, 5.41) is 9.60. The molecule has 4 nitrogen and oxygen atoms in total. The van der Waals surface area contributed by atoms with Crippen LogP contribution in [0.15, 0.2) is 22.8 Å². The van der Waals surface area contributed by atoms with Crippen molar-refractivity contribution >= 4 is 34.2 Å². The van der Waals surface area contributed by atoms with E-state index in [0.29, 0.717) is 11.1 Å². The number of fused-ring (bicyclic) bond motifs is 1. The Morgan fingerprint density at radius 3 is 2.93 bits per heavy atom. The van der Waals surface area contributed by atoms with Crippen molar-refractivity contribution in [2.75, 3.05) is 5.73 Å².